The largest absolute Gasteiger partial charge is 0.515 e. The summed E-state index contributed by atoms with van der Waals surface area (Å²) in [6.45, 7) is 2.18. The number of rotatable bonds is 7. The van der Waals surface area contributed by atoms with E-state index in [1.807, 2.05) is 28.8 Å². The fourth-order valence-electron chi connectivity index (χ4n) is 4.18. The predicted molar refractivity (Wildman–Crippen MR) is 143 cm³/mol. The Labute approximate surface area is 221 Å². The highest BCUT2D eigenvalue weighted by Gasteiger charge is 2.24. The van der Waals surface area contributed by atoms with E-state index in [-0.39, 0.29) is 12.5 Å². The van der Waals surface area contributed by atoms with Crippen LogP contribution < -0.4 is 10.1 Å². The molecule has 5 rings (SSSR count). The van der Waals surface area contributed by atoms with Crippen LogP contribution in [-0.2, 0) is 16.0 Å². The monoisotopic (exact) mass is 530 g/mol. The molecule has 5 aromatic rings. The zero-order valence-electron chi connectivity index (χ0n) is 20.5. The fraction of sp³-hybridized carbons (Fsp3) is 0.148. The number of benzene rings is 3. The van der Waals surface area contributed by atoms with Gasteiger partial charge in [0, 0.05) is 16.6 Å². The molecule has 11 heteroatoms. The maximum Gasteiger partial charge on any atom is 0.515 e. The van der Waals surface area contributed by atoms with E-state index < -0.39 is 12.2 Å². The summed E-state index contributed by atoms with van der Waals surface area (Å²) >= 11 is 1.14. The normalized spacial score (nSPS) is 10.9. The number of aromatic nitrogens is 3. The number of anilines is 1. The van der Waals surface area contributed by atoms with Crippen molar-refractivity contribution in [1.29, 1.82) is 0 Å². The molecule has 0 unspecified atom stereocenters. The summed E-state index contributed by atoms with van der Waals surface area (Å²) in [7, 11) is 1.28. The number of carbonyl (C=O) groups is 3. The summed E-state index contributed by atoms with van der Waals surface area (Å²) in [5, 5.41) is 3.38. The van der Waals surface area contributed by atoms with Crippen molar-refractivity contribution in [2.75, 3.05) is 19.0 Å². The lowest BCUT2D eigenvalue weighted by atomic mass is 10.0. The highest BCUT2D eigenvalue weighted by molar-refractivity contribution is 7.00. The third-order valence-electron chi connectivity index (χ3n) is 5.88. The molecular formula is C27H22N4O6S. The van der Waals surface area contributed by atoms with E-state index in [1.165, 1.54) is 7.11 Å². The molecule has 10 nitrogen and oxygen atoms in total. The Balaban J connectivity index is 1.73. The number of ether oxygens (including phenoxy) is 3. The number of amides is 1. The standard InChI is InChI=1S/C27H22N4O6S/c1-3-36-27(34)37-25-24(18-7-4-16(15-32)5-8-18)20-13-19(28-26(33)35-2)9-11-23(20)31(25)14-17-6-10-21-22(12-17)30-38-29-21/h4-13,15H,3,14H2,1-2H3,(H,28,33). The third-order valence-corrected chi connectivity index (χ3v) is 6.44. The fourth-order valence-corrected chi connectivity index (χ4v) is 4.70. The molecule has 1 N–H and O–H groups in total. The number of methoxy groups -OCH3 is 1. The maximum absolute atomic E-state index is 12.6. The molecule has 1 amide bonds. The van der Waals surface area contributed by atoms with Crippen molar-refractivity contribution >= 4 is 57.9 Å². The summed E-state index contributed by atoms with van der Waals surface area (Å²) in [5.41, 5.74) is 5.51. The first-order chi connectivity index (χ1) is 18.5. The van der Waals surface area contributed by atoms with Gasteiger partial charge in [0.05, 0.1) is 43.1 Å². The van der Waals surface area contributed by atoms with E-state index >= 15 is 0 Å². The molecule has 0 fully saturated rings. The quantitative estimate of drug-likeness (QED) is 0.204. The molecule has 0 aliphatic carbocycles. The van der Waals surface area contributed by atoms with Gasteiger partial charge >= 0.3 is 12.2 Å². The number of fused-ring (bicyclic) bond motifs is 2. The minimum atomic E-state index is -0.852. The Hall–Kier alpha value is -4.77. The van der Waals surface area contributed by atoms with E-state index in [0.29, 0.717) is 34.3 Å². The molecule has 0 saturated carbocycles. The van der Waals surface area contributed by atoms with Crippen molar-refractivity contribution in [3.05, 3.63) is 71.8 Å². The van der Waals surface area contributed by atoms with E-state index in [9.17, 15) is 14.4 Å². The van der Waals surface area contributed by atoms with Crippen LogP contribution >= 0.6 is 11.7 Å². The van der Waals surface area contributed by atoms with Crippen molar-refractivity contribution in [3.63, 3.8) is 0 Å². The van der Waals surface area contributed by atoms with Crippen molar-refractivity contribution in [3.8, 4) is 17.0 Å². The summed E-state index contributed by atoms with van der Waals surface area (Å²) < 4.78 is 26.1. The Morgan fingerprint density at radius 1 is 1.03 bits per heavy atom. The third kappa shape index (κ3) is 4.91. The van der Waals surface area contributed by atoms with Crippen LogP contribution in [0.4, 0.5) is 15.3 Å². The van der Waals surface area contributed by atoms with Crippen LogP contribution in [0, 0.1) is 0 Å². The molecule has 0 spiro atoms. The number of nitrogens with zero attached hydrogens (tertiary/aromatic N) is 3. The van der Waals surface area contributed by atoms with Crippen LogP contribution in [0.1, 0.15) is 22.8 Å². The second-order valence-corrected chi connectivity index (χ2v) is 8.76. The van der Waals surface area contributed by atoms with Crippen LogP contribution in [0.2, 0.25) is 0 Å². The van der Waals surface area contributed by atoms with Crippen molar-refractivity contribution in [2.45, 2.75) is 13.5 Å². The average Bonchev–Trinajstić information content (AvgIpc) is 3.51. The lowest BCUT2D eigenvalue weighted by molar-refractivity contribution is 0.101. The van der Waals surface area contributed by atoms with Gasteiger partial charge in [0.25, 0.3) is 0 Å². The minimum absolute atomic E-state index is 0.142. The molecule has 2 heterocycles. The molecule has 3 aromatic carbocycles. The van der Waals surface area contributed by atoms with Gasteiger partial charge in [-0.2, -0.15) is 8.75 Å². The van der Waals surface area contributed by atoms with Gasteiger partial charge < -0.3 is 18.8 Å². The molecule has 0 radical (unpaired) electrons. The van der Waals surface area contributed by atoms with Gasteiger partial charge in [-0.1, -0.05) is 30.3 Å². The molecule has 192 valence electrons. The lowest BCUT2D eigenvalue weighted by Crippen LogP contribution is -2.14. The molecule has 0 saturated heterocycles. The Morgan fingerprint density at radius 3 is 2.55 bits per heavy atom. The average molecular weight is 531 g/mol. The van der Waals surface area contributed by atoms with Crippen molar-refractivity contribution in [1.82, 2.24) is 13.3 Å². The highest BCUT2D eigenvalue weighted by atomic mass is 32.1. The van der Waals surface area contributed by atoms with Crippen LogP contribution in [0.25, 0.3) is 33.1 Å². The number of nitrogens with one attached hydrogen (secondary N) is 1. The minimum Gasteiger partial charge on any atom is -0.453 e. The van der Waals surface area contributed by atoms with Crippen LogP contribution in [0.3, 0.4) is 0 Å². The first-order valence-electron chi connectivity index (χ1n) is 11.6. The van der Waals surface area contributed by atoms with Crippen molar-refractivity contribution < 1.29 is 28.6 Å². The van der Waals surface area contributed by atoms with Crippen LogP contribution in [0.5, 0.6) is 5.88 Å². The Bertz CT molecular complexity index is 1660. The molecule has 2 aromatic heterocycles. The second-order valence-electron chi connectivity index (χ2n) is 8.23. The smallest absolute Gasteiger partial charge is 0.453 e. The van der Waals surface area contributed by atoms with Gasteiger partial charge in [0.15, 0.2) is 0 Å². The second kappa shape index (κ2) is 10.7. The molecular weight excluding hydrogens is 508 g/mol. The first-order valence-corrected chi connectivity index (χ1v) is 12.4. The van der Waals surface area contributed by atoms with Gasteiger partial charge in [-0.05, 0) is 48.4 Å². The first kappa shape index (κ1) is 24.9. The van der Waals surface area contributed by atoms with Crippen LogP contribution in [0.15, 0.2) is 60.7 Å². The Kier molecular flexibility index (Phi) is 7.00. The summed E-state index contributed by atoms with van der Waals surface area (Å²) in [6, 6.07) is 18.0. The number of carbonyl (C=O) groups excluding carboxylic acids is 3. The molecule has 38 heavy (non-hydrogen) atoms. The maximum atomic E-state index is 12.6. The van der Waals surface area contributed by atoms with Gasteiger partial charge in [-0.15, -0.1) is 0 Å². The number of hydrogen-bond acceptors (Lipinski definition) is 9. The molecule has 0 atom stereocenters. The van der Waals surface area contributed by atoms with Gasteiger partial charge in [-0.25, -0.2) is 9.59 Å². The van der Waals surface area contributed by atoms with E-state index in [1.54, 1.807) is 43.3 Å². The summed E-state index contributed by atoms with van der Waals surface area (Å²) in [5.74, 6) is 0.254. The zero-order chi connectivity index (χ0) is 26.6. The van der Waals surface area contributed by atoms with Gasteiger partial charge in [0.1, 0.15) is 17.3 Å². The summed E-state index contributed by atoms with van der Waals surface area (Å²) in [4.78, 5) is 35.7. The summed E-state index contributed by atoms with van der Waals surface area (Å²) in [6.07, 6.45) is -0.714. The lowest BCUT2D eigenvalue weighted by Gasteiger charge is -2.13. The van der Waals surface area contributed by atoms with E-state index in [2.05, 4.69) is 14.1 Å². The van der Waals surface area contributed by atoms with Gasteiger partial charge in [-0.3, -0.25) is 10.1 Å². The highest BCUT2D eigenvalue weighted by Crippen LogP contribution is 2.42. The van der Waals surface area contributed by atoms with Crippen LogP contribution in [-0.4, -0.2) is 45.6 Å². The van der Waals surface area contributed by atoms with Gasteiger partial charge in [0.2, 0.25) is 5.88 Å². The number of aldehydes is 1. The van der Waals surface area contributed by atoms with E-state index in [0.717, 1.165) is 40.1 Å². The molecule has 0 bridgehead atoms. The topological polar surface area (TPSA) is 122 Å². The SMILES string of the molecule is CCOC(=O)Oc1c(-c2ccc(C=O)cc2)c2cc(NC(=O)OC)ccc2n1Cc1ccc2nsnc2c1. The Morgan fingerprint density at radius 2 is 1.82 bits per heavy atom. The molecule has 0 aliphatic heterocycles. The number of hydrogen-bond donors (Lipinski definition) is 1. The zero-order valence-corrected chi connectivity index (χ0v) is 21.3. The van der Waals surface area contributed by atoms with E-state index in [4.69, 9.17) is 14.2 Å². The molecule has 0 aliphatic rings. The van der Waals surface area contributed by atoms with Crippen molar-refractivity contribution in [2.24, 2.45) is 0 Å². The predicted octanol–water partition coefficient (Wildman–Crippen LogP) is 5.89.